The lowest BCUT2D eigenvalue weighted by Crippen LogP contribution is -2.21. The first-order chi connectivity index (χ1) is 9.22. The summed E-state index contributed by atoms with van der Waals surface area (Å²) in [6.07, 6.45) is 1.88. The van der Waals surface area contributed by atoms with Crippen LogP contribution in [0.4, 0.5) is 15.2 Å². The van der Waals surface area contributed by atoms with Crippen LogP contribution in [0.5, 0.6) is 0 Å². The molecule has 0 aliphatic rings. The van der Waals surface area contributed by atoms with Crippen LogP contribution in [0.1, 0.15) is 18.7 Å². The molecule has 1 aromatic carbocycles. The highest BCUT2D eigenvalue weighted by atomic mass is 32.1. The molecule has 2 aromatic rings. The van der Waals surface area contributed by atoms with Crippen LogP contribution in [0.2, 0.25) is 0 Å². The molecular formula is C14H18FN3S. The smallest absolute Gasteiger partial charge is 0.182 e. The van der Waals surface area contributed by atoms with Crippen molar-refractivity contribution in [1.29, 1.82) is 0 Å². The molecule has 5 heteroatoms. The number of benzene rings is 1. The number of anilines is 2. The zero-order valence-corrected chi connectivity index (χ0v) is 12.0. The standard InChI is InChI=1S/C14H18FN3S/c1-3-16-14-17-9-13(19-14)10-18(4-2)12-7-5-6-11(15)8-12/h5-9H,3-4,10H2,1-2H3,(H,16,17). The molecule has 0 amide bonds. The summed E-state index contributed by atoms with van der Waals surface area (Å²) in [6.45, 7) is 6.57. The molecule has 0 saturated carbocycles. The fourth-order valence-corrected chi connectivity index (χ4v) is 2.76. The average Bonchev–Trinajstić information content (AvgIpc) is 2.84. The van der Waals surface area contributed by atoms with Gasteiger partial charge in [0.05, 0.1) is 6.54 Å². The third-order valence-corrected chi connectivity index (χ3v) is 3.72. The highest BCUT2D eigenvalue weighted by Gasteiger charge is 2.08. The number of hydrogen-bond acceptors (Lipinski definition) is 4. The van der Waals surface area contributed by atoms with Gasteiger partial charge in [0, 0.05) is 29.9 Å². The molecule has 1 N–H and O–H groups in total. The van der Waals surface area contributed by atoms with Crippen LogP contribution >= 0.6 is 11.3 Å². The second-order valence-electron chi connectivity index (χ2n) is 4.16. The van der Waals surface area contributed by atoms with E-state index in [4.69, 9.17) is 0 Å². The third kappa shape index (κ3) is 3.67. The third-order valence-electron chi connectivity index (χ3n) is 2.78. The van der Waals surface area contributed by atoms with Gasteiger partial charge < -0.3 is 10.2 Å². The van der Waals surface area contributed by atoms with Gasteiger partial charge in [-0.1, -0.05) is 6.07 Å². The summed E-state index contributed by atoms with van der Waals surface area (Å²) in [5.74, 6) is -0.200. The predicted molar refractivity (Wildman–Crippen MR) is 79.4 cm³/mol. The van der Waals surface area contributed by atoms with Gasteiger partial charge in [0.15, 0.2) is 5.13 Å². The number of thiazole rings is 1. The van der Waals surface area contributed by atoms with E-state index in [1.165, 1.54) is 10.9 Å². The number of nitrogens with zero attached hydrogens (tertiary/aromatic N) is 2. The molecule has 0 bridgehead atoms. The maximum Gasteiger partial charge on any atom is 0.182 e. The molecule has 0 aliphatic heterocycles. The van der Waals surface area contributed by atoms with Gasteiger partial charge in [0.25, 0.3) is 0 Å². The molecule has 0 atom stereocenters. The van der Waals surface area contributed by atoms with Crippen molar-refractivity contribution in [2.24, 2.45) is 0 Å². The van der Waals surface area contributed by atoms with Gasteiger partial charge in [0.1, 0.15) is 5.82 Å². The van der Waals surface area contributed by atoms with Gasteiger partial charge in [0.2, 0.25) is 0 Å². The summed E-state index contributed by atoms with van der Waals surface area (Å²) in [5, 5.41) is 4.13. The minimum Gasteiger partial charge on any atom is -0.367 e. The SMILES string of the molecule is CCNc1ncc(CN(CC)c2cccc(F)c2)s1. The maximum atomic E-state index is 13.3. The Morgan fingerprint density at radius 3 is 2.89 bits per heavy atom. The molecule has 0 spiro atoms. The molecule has 0 saturated heterocycles. The van der Waals surface area contributed by atoms with Crippen LogP contribution in [0.25, 0.3) is 0 Å². The number of nitrogens with one attached hydrogen (secondary N) is 1. The number of rotatable bonds is 6. The van der Waals surface area contributed by atoms with Crippen LogP contribution in [0, 0.1) is 5.82 Å². The van der Waals surface area contributed by atoms with Crippen molar-refractivity contribution >= 4 is 22.2 Å². The Hall–Kier alpha value is -1.62. The minimum absolute atomic E-state index is 0.200. The first-order valence-corrected chi connectivity index (χ1v) is 7.23. The summed E-state index contributed by atoms with van der Waals surface area (Å²) >= 11 is 1.64. The molecule has 1 heterocycles. The van der Waals surface area contributed by atoms with E-state index < -0.39 is 0 Å². The molecule has 2 rings (SSSR count). The second-order valence-corrected chi connectivity index (χ2v) is 5.27. The van der Waals surface area contributed by atoms with Crippen molar-refractivity contribution in [3.8, 4) is 0 Å². The van der Waals surface area contributed by atoms with Crippen molar-refractivity contribution in [3.05, 3.63) is 41.2 Å². The molecule has 0 unspecified atom stereocenters. The Balaban J connectivity index is 2.09. The lowest BCUT2D eigenvalue weighted by molar-refractivity contribution is 0.626. The molecule has 0 radical (unpaired) electrons. The molecule has 3 nitrogen and oxygen atoms in total. The van der Waals surface area contributed by atoms with Gasteiger partial charge in [-0.05, 0) is 32.0 Å². The van der Waals surface area contributed by atoms with E-state index in [1.807, 2.05) is 19.2 Å². The van der Waals surface area contributed by atoms with Crippen LogP contribution in [0.3, 0.4) is 0 Å². The zero-order valence-electron chi connectivity index (χ0n) is 11.2. The first kappa shape index (κ1) is 13.8. The lowest BCUT2D eigenvalue weighted by Gasteiger charge is -2.22. The lowest BCUT2D eigenvalue weighted by atomic mass is 10.2. The molecular weight excluding hydrogens is 261 g/mol. The van der Waals surface area contributed by atoms with Gasteiger partial charge in [-0.25, -0.2) is 9.37 Å². The molecule has 19 heavy (non-hydrogen) atoms. The Bertz CT molecular complexity index is 527. The Labute approximate surface area is 117 Å². The van der Waals surface area contributed by atoms with Gasteiger partial charge in [-0.2, -0.15) is 0 Å². The quantitative estimate of drug-likeness (QED) is 0.873. The van der Waals surface area contributed by atoms with E-state index in [0.29, 0.717) is 0 Å². The van der Waals surface area contributed by atoms with E-state index in [1.54, 1.807) is 23.5 Å². The Morgan fingerprint density at radius 2 is 2.21 bits per heavy atom. The van der Waals surface area contributed by atoms with Crippen LogP contribution in [-0.4, -0.2) is 18.1 Å². The molecule has 0 aliphatic carbocycles. The second kappa shape index (κ2) is 6.52. The maximum absolute atomic E-state index is 13.3. The summed E-state index contributed by atoms with van der Waals surface area (Å²) in [4.78, 5) is 7.61. The number of aromatic nitrogens is 1. The molecule has 0 fully saturated rings. The van der Waals surface area contributed by atoms with Crippen LogP contribution in [-0.2, 0) is 6.54 Å². The molecule has 1 aromatic heterocycles. The van der Waals surface area contributed by atoms with Crippen molar-refractivity contribution < 1.29 is 4.39 Å². The Morgan fingerprint density at radius 1 is 1.37 bits per heavy atom. The fourth-order valence-electron chi connectivity index (χ4n) is 1.86. The monoisotopic (exact) mass is 279 g/mol. The number of halogens is 1. The fraction of sp³-hybridized carbons (Fsp3) is 0.357. The van der Waals surface area contributed by atoms with Gasteiger partial charge in [-0.15, -0.1) is 11.3 Å². The zero-order chi connectivity index (χ0) is 13.7. The largest absolute Gasteiger partial charge is 0.367 e. The van der Waals surface area contributed by atoms with Crippen LogP contribution < -0.4 is 10.2 Å². The van der Waals surface area contributed by atoms with Crippen molar-refractivity contribution in [2.75, 3.05) is 23.3 Å². The van der Waals surface area contributed by atoms with E-state index >= 15 is 0 Å². The predicted octanol–water partition coefficient (Wildman–Crippen LogP) is 3.74. The highest BCUT2D eigenvalue weighted by molar-refractivity contribution is 7.15. The van der Waals surface area contributed by atoms with Gasteiger partial charge >= 0.3 is 0 Å². The van der Waals surface area contributed by atoms with E-state index in [9.17, 15) is 4.39 Å². The summed E-state index contributed by atoms with van der Waals surface area (Å²) in [7, 11) is 0. The van der Waals surface area contributed by atoms with Crippen molar-refractivity contribution in [3.63, 3.8) is 0 Å². The van der Waals surface area contributed by atoms with Gasteiger partial charge in [-0.3, -0.25) is 0 Å². The minimum atomic E-state index is -0.200. The first-order valence-electron chi connectivity index (χ1n) is 6.42. The summed E-state index contributed by atoms with van der Waals surface area (Å²) < 4.78 is 13.3. The summed E-state index contributed by atoms with van der Waals surface area (Å²) in [6, 6.07) is 6.70. The Kier molecular flexibility index (Phi) is 4.74. The average molecular weight is 279 g/mol. The van der Waals surface area contributed by atoms with Crippen LogP contribution in [0.15, 0.2) is 30.5 Å². The topological polar surface area (TPSA) is 28.2 Å². The molecule has 102 valence electrons. The van der Waals surface area contributed by atoms with Crippen molar-refractivity contribution in [2.45, 2.75) is 20.4 Å². The van der Waals surface area contributed by atoms with Crippen molar-refractivity contribution in [1.82, 2.24) is 4.98 Å². The van der Waals surface area contributed by atoms with E-state index in [-0.39, 0.29) is 5.82 Å². The number of hydrogen-bond donors (Lipinski definition) is 1. The van der Waals surface area contributed by atoms with E-state index in [0.717, 1.165) is 30.5 Å². The van der Waals surface area contributed by atoms with E-state index in [2.05, 4.69) is 22.1 Å². The highest BCUT2D eigenvalue weighted by Crippen LogP contribution is 2.23. The normalized spacial score (nSPS) is 10.5. The summed E-state index contributed by atoms with van der Waals surface area (Å²) in [5.41, 5.74) is 0.904.